The lowest BCUT2D eigenvalue weighted by Gasteiger charge is -2.63. The van der Waals surface area contributed by atoms with Gasteiger partial charge in [-0.05, 0) is 129 Å². The molecule has 0 aromatic carbocycles. The molecule has 8 aliphatic rings. The minimum Gasteiger partial charge on any atom is -0.388 e. The minimum absolute atomic E-state index is 0.0424. The number of hydrogen-bond donors (Lipinski definition) is 4. The van der Waals surface area contributed by atoms with Crippen LogP contribution in [-0.2, 0) is 19.0 Å². The van der Waals surface area contributed by atoms with E-state index in [1.165, 1.54) is 19.3 Å². The van der Waals surface area contributed by atoms with E-state index in [9.17, 15) is 20.1 Å². The number of morpholine rings is 1. The first-order chi connectivity index (χ1) is 22.0. The Morgan fingerprint density at radius 3 is 2.47 bits per heavy atom. The van der Waals surface area contributed by atoms with Crippen molar-refractivity contribution in [1.82, 2.24) is 4.90 Å². The monoisotopic (exact) mass is 658 g/mol. The van der Waals surface area contributed by atoms with Crippen molar-refractivity contribution in [3.8, 4) is 0 Å². The van der Waals surface area contributed by atoms with Gasteiger partial charge in [0.2, 0.25) is 5.91 Å². The normalized spacial score (nSPS) is 52.4. The summed E-state index contributed by atoms with van der Waals surface area (Å²) in [5.74, 6) is 1.90. The summed E-state index contributed by atoms with van der Waals surface area (Å²) in [4.78, 5) is 14.8. The first-order valence-electron chi connectivity index (χ1n) is 19.1. The molecule has 14 unspecified atom stereocenters. The number of nitrogens with two attached hydrogens (primary N) is 1. The Balaban J connectivity index is 1.01. The van der Waals surface area contributed by atoms with Crippen LogP contribution in [0, 0.1) is 51.2 Å². The van der Waals surface area contributed by atoms with Gasteiger partial charge in [-0.3, -0.25) is 4.79 Å². The molecule has 2 heterocycles. The molecule has 0 aromatic heterocycles. The summed E-state index contributed by atoms with van der Waals surface area (Å²) in [5, 5.41) is 33.9. The number of aliphatic hydroxyl groups is 3. The zero-order valence-corrected chi connectivity index (χ0v) is 29.7. The summed E-state index contributed by atoms with van der Waals surface area (Å²) >= 11 is 0. The Morgan fingerprint density at radius 1 is 1.06 bits per heavy atom. The van der Waals surface area contributed by atoms with Crippen LogP contribution in [0.15, 0.2) is 0 Å². The summed E-state index contributed by atoms with van der Waals surface area (Å²) < 4.78 is 19.5. The lowest BCUT2D eigenvalue weighted by molar-refractivity contribution is -0.245. The Bertz CT molecular complexity index is 1270. The molecule has 0 radical (unpaired) electrons. The van der Waals surface area contributed by atoms with Crippen LogP contribution in [0.5, 0.6) is 0 Å². The van der Waals surface area contributed by atoms with Crippen LogP contribution in [0.3, 0.4) is 0 Å². The summed E-state index contributed by atoms with van der Waals surface area (Å²) in [6, 6.07) is 0. The smallest absolute Gasteiger partial charge is 0.223 e. The van der Waals surface area contributed by atoms with Crippen molar-refractivity contribution in [3.05, 3.63) is 0 Å². The number of carbonyl (C=O) groups is 1. The van der Waals surface area contributed by atoms with E-state index in [4.69, 9.17) is 19.9 Å². The van der Waals surface area contributed by atoms with Crippen molar-refractivity contribution in [2.45, 2.75) is 160 Å². The molecule has 9 nitrogen and oxygen atoms in total. The van der Waals surface area contributed by atoms with Gasteiger partial charge in [0.05, 0.1) is 48.7 Å². The Kier molecular flexibility index (Phi) is 7.53. The molecule has 2 aliphatic heterocycles. The van der Waals surface area contributed by atoms with E-state index >= 15 is 0 Å². The van der Waals surface area contributed by atoms with Gasteiger partial charge in [-0.2, -0.15) is 0 Å². The zero-order chi connectivity index (χ0) is 33.5. The van der Waals surface area contributed by atoms with Gasteiger partial charge in [-0.25, -0.2) is 0 Å². The van der Waals surface area contributed by atoms with E-state index in [1.54, 1.807) is 13.8 Å². The Morgan fingerprint density at radius 2 is 1.77 bits per heavy atom. The molecular weight excluding hydrogens is 596 g/mol. The van der Waals surface area contributed by atoms with E-state index in [1.807, 2.05) is 4.90 Å². The molecule has 9 heteroatoms. The second-order valence-electron chi connectivity index (χ2n) is 19.2. The van der Waals surface area contributed by atoms with Crippen molar-refractivity contribution in [2.75, 3.05) is 19.7 Å². The van der Waals surface area contributed by atoms with Gasteiger partial charge < -0.3 is 40.2 Å². The Labute approximate surface area is 281 Å². The van der Waals surface area contributed by atoms with Crippen LogP contribution in [0.2, 0.25) is 0 Å². The van der Waals surface area contributed by atoms with Crippen LogP contribution in [0.1, 0.15) is 112 Å². The topological polar surface area (TPSA) is 135 Å². The predicted octanol–water partition coefficient (Wildman–Crippen LogP) is 3.99. The SMILES string of the molecule is CC1CC(C(O)C(C)(C)O)OC2C1C1(C)CCC34CC35CCC(OC3CN(C(=O)CC6CC6)CCO3)C(C)(C)C5CCC4C1(N)C2O. The number of rotatable bonds is 6. The van der Waals surface area contributed by atoms with Gasteiger partial charge in [-0.15, -0.1) is 0 Å². The molecular formula is C38H62N2O7. The van der Waals surface area contributed by atoms with Crippen molar-refractivity contribution in [2.24, 2.45) is 57.0 Å². The second kappa shape index (κ2) is 10.6. The van der Waals surface area contributed by atoms with Crippen LogP contribution in [-0.4, -0.2) is 93.8 Å². The lowest BCUT2D eigenvalue weighted by Crippen LogP contribution is -2.70. The number of ether oxygens (including phenoxy) is 3. The maximum atomic E-state index is 12.9. The van der Waals surface area contributed by atoms with Crippen molar-refractivity contribution >= 4 is 5.91 Å². The highest BCUT2D eigenvalue weighted by atomic mass is 16.7. The molecule has 14 atom stereocenters. The number of amides is 1. The summed E-state index contributed by atoms with van der Waals surface area (Å²) in [6.07, 6.45) is 8.07. The highest BCUT2D eigenvalue weighted by Crippen LogP contribution is 2.87. The number of aliphatic hydroxyl groups excluding tert-OH is 2. The predicted molar refractivity (Wildman–Crippen MR) is 176 cm³/mol. The molecule has 5 N–H and O–H groups in total. The maximum absolute atomic E-state index is 12.9. The average molecular weight is 659 g/mol. The van der Waals surface area contributed by atoms with Gasteiger partial charge in [0.1, 0.15) is 6.10 Å². The van der Waals surface area contributed by atoms with Gasteiger partial charge >= 0.3 is 0 Å². The standard InChI is InChI=1S/C38H62N2O7/c1-21-17-23(31(42)34(4,5)44)46-30-29(21)35(6)13-14-37-20-36(37)12-11-26(33(2,3)24(36)9-10-25(37)38(35,39)32(30)43)47-28-19-40(15-16-45-28)27(41)18-22-7-8-22/h21-26,28-32,42-44H,7-20,39H2,1-6H3. The molecule has 2 spiro atoms. The number of carbonyl (C=O) groups excluding carboxylic acids is 1. The third-order valence-electron chi connectivity index (χ3n) is 16.2. The molecule has 47 heavy (non-hydrogen) atoms. The minimum atomic E-state index is -1.29. The number of fused-ring (bicyclic) bond motifs is 4. The first-order valence-corrected chi connectivity index (χ1v) is 19.1. The molecule has 2 saturated heterocycles. The lowest BCUT2D eigenvalue weighted by atomic mass is 9.43. The van der Waals surface area contributed by atoms with Gasteiger partial charge in [0.25, 0.3) is 0 Å². The van der Waals surface area contributed by atoms with Crippen LogP contribution >= 0.6 is 0 Å². The van der Waals surface area contributed by atoms with E-state index in [0.717, 1.165) is 38.5 Å². The zero-order valence-electron chi connectivity index (χ0n) is 29.7. The van der Waals surface area contributed by atoms with Gasteiger partial charge in [-0.1, -0.05) is 27.7 Å². The molecule has 8 rings (SSSR count). The first kappa shape index (κ1) is 33.3. The highest BCUT2D eigenvalue weighted by Gasteiger charge is 2.85. The maximum Gasteiger partial charge on any atom is 0.223 e. The van der Waals surface area contributed by atoms with E-state index in [2.05, 4.69) is 27.7 Å². The third kappa shape index (κ3) is 4.54. The second-order valence-corrected chi connectivity index (χ2v) is 19.2. The van der Waals surface area contributed by atoms with Crippen molar-refractivity contribution < 1.29 is 34.3 Å². The quantitative estimate of drug-likeness (QED) is 0.337. The molecule has 1 amide bonds. The fourth-order valence-electron chi connectivity index (χ4n) is 13.7. The van der Waals surface area contributed by atoms with E-state index < -0.39 is 35.6 Å². The summed E-state index contributed by atoms with van der Waals surface area (Å²) in [5.41, 5.74) is 5.72. The number of hydrogen-bond acceptors (Lipinski definition) is 8. The fraction of sp³-hybridized carbons (Fsp3) is 0.974. The number of nitrogens with zero attached hydrogens (tertiary/aromatic N) is 1. The molecule has 0 bridgehead atoms. The summed E-state index contributed by atoms with van der Waals surface area (Å²) in [6.45, 7) is 14.3. The molecule has 6 aliphatic carbocycles. The van der Waals surface area contributed by atoms with Crippen LogP contribution in [0.4, 0.5) is 0 Å². The molecule has 0 aromatic rings. The summed E-state index contributed by atoms with van der Waals surface area (Å²) in [7, 11) is 0. The highest BCUT2D eigenvalue weighted by molar-refractivity contribution is 5.76. The fourth-order valence-corrected chi connectivity index (χ4v) is 13.7. The third-order valence-corrected chi connectivity index (χ3v) is 16.2. The molecule has 8 fully saturated rings. The van der Waals surface area contributed by atoms with Crippen LogP contribution in [0.25, 0.3) is 0 Å². The largest absolute Gasteiger partial charge is 0.388 e. The van der Waals surface area contributed by atoms with Crippen LogP contribution < -0.4 is 5.73 Å². The van der Waals surface area contributed by atoms with E-state index in [-0.39, 0.29) is 57.7 Å². The molecule has 266 valence electrons. The average Bonchev–Trinajstić information content (AvgIpc) is 3.93. The molecule has 6 saturated carbocycles. The van der Waals surface area contributed by atoms with Gasteiger partial charge in [0, 0.05) is 13.0 Å². The van der Waals surface area contributed by atoms with Gasteiger partial charge in [0.15, 0.2) is 6.29 Å². The van der Waals surface area contributed by atoms with Crippen molar-refractivity contribution in [1.29, 1.82) is 0 Å². The van der Waals surface area contributed by atoms with Crippen molar-refractivity contribution in [3.63, 3.8) is 0 Å². The Hall–Kier alpha value is -0.810. The van der Waals surface area contributed by atoms with E-state index in [0.29, 0.717) is 44.4 Å².